The summed E-state index contributed by atoms with van der Waals surface area (Å²) in [5.74, 6) is 0.411. The molecule has 0 saturated heterocycles. The fraction of sp³-hybridized carbons (Fsp3) is 0.221. The summed E-state index contributed by atoms with van der Waals surface area (Å²) in [4.78, 5) is 7.54. The number of anilines is 9. The zero-order valence-corrected chi connectivity index (χ0v) is 50.9. The topological polar surface area (TPSA) is 36.0 Å². The Kier molecular flexibility index (Phi) is 13.8. The molecule has 4 heterocycles. The maximum Gasteiger partial charge on any atom is 0.252 e. The number of hydrogen-bond donors (Lipinski definition) is 0. The van der Waals surface area contributed by atoms with Crippen LogP contribution < -0.4 is 41.7 Å². The van der Waals surface area contributed by atoms with E-state index in [9.17, 15) is 0 Å². The first-order valence-corrected chi connectivity index (χ1v) is 29.8. The van der Waals surface area contributed by atoms with Gasteiger partial charge in [0.05, 0.1) is 5.69 Å². The maximum atomic E-state index is 6.62. The molecule has 5 nitrogen and oxygen atoms in total. The predicted octanol–water partition coefficient (Wildman–Crippen LogP) is 19.0. The first-order chi connectivity index (χ1) is 39.9. The van der Waals surface area contributed by atoms with Crippen LogP contribution in [-0.4, -0.2) is 6.71 Å². The SMILES string of the molecule is C=c1/c(=C\C=C/C)oc2cc(N3c4cc(C(C)(C)C)ccc4B4c5ccc(N(c6ccc(C(C)C)cc6)c6c(C)cc(C(C)(C)C)cc6C)cc5N(c5ccc(-c6cccc7c6oc6ccccc67)cc5)c5cc(C)cc3c54)ccc12.CC. The average Bonchev–Trinajstić information content (AvgIpc) is 2.82. The Bertz CT molecular complexity index is 4460. The number of fused-ring (bicyclic) bond motifs is 8. The molecule has 0 aliphatic carbocycles. The largest absolute Gasteiger partial charge is 0.456 e. The summed E-state index contributed by atoms with van der Waals surface area (Å²) in [5.41, 5.74) is 26.9. The average molecular weight is 1090 g/mol. The van der Waals surface area contributed by atoms with E-state index < -0.39 is 0 Å². The van der Waals surface area contributed by atoms with Crippen LogP contribution in [0.3, 0.4) is 0 Å². The van der Waals surface area contributed by atoms with Gasteiger partial charge in [0.1, 0.15) is 22.2 Å². The summed E-state index contributed by atoms with van der Waals surface area (Å²) < 4.78 is 13.2. The summed E-state index contributed by atoms with van der Waals surface area (Å²) in [5, 5.41) is 4.14. The van der Waals surface area contributed by atoms with E-state index in [1.165, 1.54) is 61.1 Å². The van der Waals surface area contributed by atoms with E-state index >= 15 is 0 Å². The molecule has 0 radical (unpaired) electrons. The number of nitrogens with zero attached hydrogens (tertiary/aromatic N) is 3. The van der Waals surface area contributed by atoms with Crippen molar-refractivity contribution in [1.82, 2.24) is 0 Å². The molecule has 414 valence electrons. The summed E-state index contributed by atoms with van der Waals surface area (Å²) in [6.45, 7) is 35.6. The van der Waals surface area contributed by atoms with Crippen LogP contribution in [0.5, 0.6) is 0 Å². The quantitative estimate of drug-likeness (QED) is 0.142. The van der Waals surface area contributed by atoms with Crippen LogP contribution >= 0.6 is 0 Å². The number of rotatable bonds is 8. The lowest BCUT2D eigenvalue weighted by molar-refractivity contribution is 0.576. The molecule has 9 aromatic carbocycles. The van der Waals surface area contributed by atoms with Crippen LogP contribution in [0.25, 0.3) is 56.7 Å². The van der Waals surface area contributed by atoms with Gasteiger partial charge in [0, 0.05) is 78.5 Å². The van der Waals surface area contributed by atoms with Gasteiger partial charge in [0.15, 0.2) is 0 Å². The lowest BCUT2D eigenvalue weighted by Crippen LogP contribution is -2.61. The van der Waals surface area contributed by atoms with Crippen LogP contribution in [0, 0.1) is 20.8 Å². The van der Waals surface area contributed by atoms with E-state index in [2.05, 4.69) is 261 Å². The Balaban J connectivity index is 0.00000336. The Morgan fingerprint density at radius 2 is 1.17 bits per heavy atom. The molecule has 6 heteroatoms. The molecule has 2 aliphatic rings. The third kappa shape index (κ3) is 9.37. The lowest BCUT2D eigenvalue weighted by Gasteiger charge is -2.45. The summed E-state index contributed by atoms with van der Waals surface area (Å²) >= 11 is 0. The number of para-hydroxylation sites is 2. The minimum Gasteiger partial charge on any atom is -0.456 e. The van der Waals surface area contributed by atoms with E-state index in [4.69, 9.17) is 8.83 Å². The zero-order chi connectivity index (χ0) is 58.4. The molecule has 0 amide bonds. The van der Waals surface area contributed by atoms with Gasteiger partial charge >= 0.3 is 0 Å². The zero-order valence-electron chi connectivity index (χ0n) is 50.9. The minimum absolute atomic E-state index is 0.00148. The Morgan fingerprint density at radius 3 is 1.83 bits per heavy atom. The van der Waals surface area contributed by atoms with Crippen LogP contribution in [0.4, 0.5) is 51.2 Å². The minimum atomic E-state index is -0.0968. The molecule has 0 saturated carbocycles. The third-order valence-electron chi connectivity index (χ3n) is 17.1. The van der Waals surface area contributed by atoms with E-state index in [1.807, 2.05) is 45.1 Å². The molecule has 0 bridgehead atoms. The van der Waals surface area contributed by atoms with Crippen molar-refractivity contribution in [3.63, 3.8) is 0 Å². The molecule has 0 fully saturated rings. The van der Waals surface area contributed by atoms with E-state index in [0.717, 1.165) is 94.5 Å². The fourth-order valence-corrected chi connectivity index (χ4v) is 12.8. The first kappa shape index (κ1) is 54.8. The van der Waals surface area contributed by atoms with Crippen LogP contribution in [0.2, 0.25) is 0 Å². The molecule has 83 heavy (non-hydrogen) atoms. The van der Waals surface area contributed by atoms with Gasteiger partial charge in [-0.2, -0.15) is 0 Å². The highest BCUT2D eigenvalue weighted by molar-refractivity contribution is 7.00. The number of hydrogen-bond acceptors (Lipinski definition) is 5. The Morgan fingerprint density at radius 1 is 0.554 bits per heavy atom. The maximum absolute atomic E-state index is 6.62. The number of benzene rings is 9. The fourth-order valence-electron chi connectivity index (χ4n) is 12.8. The number of aryl methyl sites for hydroxylation is 3. The second-order valence-corrected chi connectivity index (χ2v) is 25.0. The van der Waals surface area contributed by atoms with Crippen molar-refractivity contribution in [3.8, 4) is 11.1 Å². The first-order valence-electron chi connectivity index (χ1n) is 29.8. The molecule has 11 aromatic rings. The highest BCUT2D eigenvalue weighted by Gasteiger charge is 2.44. The molecule has 0 atom stereocenters. The molecule has 0 N–H and O–H groups in total. The third-order valence-corrected chi connectivity index (χ3v) is 17.1. The van der Waals surface area contributed by atoms with E-state index in [0.29, 0.717) is 5.92 Å². The smallest absolute Gasteiger partial charge is 0.252 e. The molecule has 0 spiro atoms. The van der Waals surface area contributed by atoms with Gasteiger partial charge in [-0.05, 0) is 179 Å². The van der Waals surface area contributed by atoms with Gasteiger partial charge < -0.3 is 23.5 Å². The molecular formula is C77H76BN3O2. The summed E-state index contributed by atoms with van der Waals surface area (Å²) in [6, 6.07) is 64.0. The van der Waals surface area contributed by atoms with Crippen molar-refractivity contribution in [2.24, 2.45) is 0 Å². The van der Waals surface area contributed by atoms with Gasteiger partial charge in [-0.1, -0.05) is 179 Å². The van der Waals surface area contributed by atoms with Crippen LogP contribution in [0.15, 0.2) is 191 Å². The van der Waals surface area contributed by atoms with Crippen molar-refractivity contribution in [2.75, 3.05) is 14.7 Å². The summed E-state index contributed by atoms with van der Waals surface area (Å²) in [6.07, 6.45) is 6.03. The van der Waals surface area contributed by atoms with Crippen molar-refractivity contribution >= 4 is 120 Å². The van der Waals surface area contributed by atoms with Crippen LogP contribution in [-0.2, 0) is 10.8 Å². The van der Waals surface area contributed by atoms with Crippen molar-refractivity contribution < 1.29 is 8.83 Å². The molecule has 2 aromatic heterocycles. The highest BCUT2D eigenvalue weighted by atomic mass is 16.3. The number of allylic oxidation sites excluding steroid dienone is 2. The van der Waals surface area contributed by atoms with Crippen molar-refractivity contribution in [3.05, 3.63) is 226 Å². The van der Waals surface area contributed by atoms with Gasteiger partial charge in [-0.25, -0.2) is 0 Å². The Hall–Kier alpha value is -8.74. The Labute approximate surface area is 491 Å². The van der Waals surface area contributed by atoms with E-state index in [-0.39, 0.29) is 17.5 Å². The van der Waals surface area contributed by atoms with Gasteiger partial charge in [0.2, 0.25) is 0 Å². The molecule has 13 rings (SSSR count). The highest BCUT2D eigenvalue weighted by Crippen LogP contribution is 2.49. The lowest BCUT2D eigenvalue weighted by atomic mass is 9.33. The van der Waals surface area contributed by atoms with E-state index in [1.54, 1.807) is 0 Å². The van der Waals surface area contributed by atoms with Gasteiger partial charge in [0.25, 0.3) is 6.71 Å². The normalized spacial score (nSPS) is 13.3. The summed E-state index contributed by atoms with van der Waals surface area (Å²) in [7, 11) is 0. The molecular weight excluding hydrogens is 1010 g/mol. The number of furan rings is 2. The van der Waals surface area contributed by atoms with Crippen molar-refractivity contribution in [1.29, 1.82) is 0 Å². The monoisotopic (exact) mass is 1090 g/mol. The molecule has 2 aliphatic heterocycles. The van der Waals surface area contributed by atoms with Gasteiger partial charge in [-0.3, -0.25) is 0 Å². The second-order valence-electron chi connectivity index (χ2n) is 25.0. The van der Waals surface area contributed by atoms with Crippen LogP contribution in [0.1, 0.15) is 115 Å². The molecule has 0 unspecified atom stereocenters. The second kappa shape index (κ2) is 20.9. The van der Waals surface area contributed by atoms with Gasteiger partial charge in [-0.15, -0.1) is 0 Å². The predicted molar refractivity (Wildman–Crippen MR) is 359 cm³/mol. The standard InChI is InChI=1S/C75H70BN3O2.C2H6/c1-14-15-22-68-49(7)58-35-33-57(44-70(58)80-68)79-64-42-52(74(8,9)10)28-36-62(64)76-63-37-34-56(77(54-29-24-50(25-30-54)45(2)3)72-47(5)40-53(41-48(72)6)75(11,12)13)43-65(63)78(66-38-46(4)39-67(79)71(66)76)55-31-26-51(27-32-55)59-20-18-21-61-60-19-16-17-23-69(60)81-73(59)61;1-2/h14-45H,7H2,1-6,8-13H3;1-2H3/b15-14-,68-22+;. The van der Waals surface area contributed by atoms with Crippen molar-refractivity contribution in [2.45, 2.75) is 114 Å².